The number of rotatable bonds is 8. The van der Waals surface area contributed by atoms with Crippen LogP contribution in [0.5, 0.6) is 5.75 Å². The van der Waals surface area contributed by atoms with Crippen LogP contribution in [0.3, 0.4) is 0 Å². The molecule has 1 amide bonds. The van der Waals surface area contributed by atoms with Gasteiger partial charge in [0.25, 0.3) is 0 Å². The van der Waals surface area contributed by atoms with Gasteiger partial charge < -0.3 is 15.8 Å². The van der Waals surface area contributed by atoms with Gasteiger partial charge in [-0.15, -0.1) is 0 Å². The minimum absolute atomic E-state index is 0.129. The number of carbonyl (C=O) groups excluding carboxylic acids is 1. The van der Waals surface area contributed by atoms with Gasteiger partial charge in [-0.05, 0) is 49.9 Å². The number of ether oxygens (including phenoxy) is 1. The number of aromatic amines is 1. The Hall–Kier alpha value is -3.10. The van der Waals surface area contributed by atoms with Crippen molar-refractivity contribution < 1.29 is 17.9 Å². The monoisotopic (exact) mass is 432 g/mol. The van der Waals surface area contributed by atoms with E-state index >= 15 is 0 Å². The Bertz CT molecular complexity index is 1040. The summed E-state index contributed by atoms with van der Waals surface area (Å²) in [5.41, 5.74) is 6.54. The highest BCUT2D eigenvalue weighted by molar-refractivity contribution is 7.89. The number of carbonyl (C=O) groups is 1. The standard InChI is InChI=1S/C19H24N6O4S/c1-29-13-6-8-14(9-7-13)30(27,28)25-11-3-5-17(25)19(26)22-10-2-4-16-15(12-20)18(21)24-23-16/h6-9,17H,2-5,10-11H2,1H3,(H,22,26)(H3,21,23,24)/t17-/m1/s1. The minimum Gasteiger partial charge on any atom is -0.497 e. The summed E-state index contributed by atoms with van der Waals surface area (Å²) in [5, 5.41) is 18.4. The number of aromatic nitrogens is 2. The molecule has 1 aromatic carbocycles. The lowest BCUT2D eigenvalue weighted by molar-refractivity contribution is -0.124. The average Bonchev–Trinajstić information content (AvgIpc) is 3.38. The first-order valence-corrected chi connectivity index (χ1v) is 11.0. The van der Waals surface area contributed by atoms with Crippen molar-refractivity contribution in [3.8, 4) is 11.8 Å². The summed E-state index contributed by atoms with van der Waals surface area (Å²) in [6.07, 6.45) is 2.13. The fourth-order valence-corrected chi connectivity index (χ4v) is 5.12. The number of sulfonamides is 1. The van der Waals surface area contributed by atoms with E-state index in [0.29, 0.717) is 55.8 Å². The average molecular weight is 433 g/mol. The van der Waals surface area contributed by atoms with Crippen LogP contribution in [0.2, 0.25) is 0 Å². The van der Waals surface area contributed by atoms with E-state index in [1.165, 1.54) is 23.5 Å². The van der Waals surface area contributed by atoms with Crippen LogP contribution in [0, 0.1) is 11.3 Å². The number of nitrogen functional groups attached to an aromatic ring is 1. The molecule has 10 nitrogen and oxygen atoms in total. The molecule has 1 aliphatic heterocycles. The Labute approximate surface area is 175 Å². The molecule has 0 spiro atoms. The van der Waals surface area contributed by atoms with E-state index in [0.717, 1.165) is 0 Å². The lowest BCUT2D eigenvalue weighted by atomic mass is 10.1. The number of methoxy groups -OCH3 is 1. The summed E-state index contributed by atoms with van der Waals surface area (Å²) >= 11 is 0. The second-order valence-corrected chi connectivity index (χ2v) is 8.81. The van der Waals surface area contributed by atoms with Gasteiger partial charge in [0.2, 0.25) is 15.9 Å². The molecular formula is C19H24N6O4S. The van der Waals surface area contributed by atoms with Crippen molar-refractivity contribution in [3.63, 3.8) is 0 Å². The molecule has 30 heavy (non-hydrogen) atoms. The van der Waals surface area contributed by atoms with Crippen LogP contribution < -0.4 is 15.8 Å². The summed E-state index contributed by atoms with van der Waals surface area (Å²) in [6, 6.07) is 7.37. The first-order valence-electron chi connectivity index (χ1n) is 9.55. The molecule has 2 aromatic rings. The predicted molar refractivity (Wildman–Crippen MR) is 109 cm³/mol. The summed E-state index contributed by atoms with van der Waals surface area (Å²) in [5.74, 6) is 0.388. The molecule has 0 bridgehead atoms. The van der Waals surface area contributed by atoms with Gasteiger partial charge in [0, 0.05) is 13.1 Å². The van der Waals surface area contributed by atoms with Crippen LogP contribution >= 0.6 is 0 Å². The van der Waals surface area contributed by atoms with Gasteiger partial charge in [-0.1, -0.05) is 0 Å². The fourth-order valence-electron chi connectivity index (χ4n) is 3.47. The molecule has 160 valence electrons. The maximum absolute atomic E-state index is 13.0. The normalized spacial score (nSPS) is 16.9. The van der Waals surface area contributed by atoms with Crippen LogP contribution in [-0.4, -0.2) is 55.1 Å². The van der Waals surface area contributed by atoms with Gasteiger partial charge in [-0.3, -0.25) is 9.89 Å². The molecule has 4 N–H and O–H groups in total. The van der Waals surface area contributed by atoms with E-state index in [1.54, 1.807) is 12.1 Å². The van der Waals surface area contributed by atoms with Crippen molar-refractivity contribution in [1.29, 1.82) is 5.26 Å². The van der Waals surface area contributed by atoms with Crippen LogP contribution in [0.1, 0.15) is 30.5 Å². The Kier molecular flexibility index (Phi) is 6.59. The maximum Gasteiger partial charge on any atom is 0.243 e. The van der Waals surface area contributed by atoms with E-state index in [-0.39, 0.29) is 16.6 Å². The highest BCUT2D eigenvalue weighted by Gasteiger charge is 2.39. The number of nitrogens with two attached hydrogens (primary N) is 1. The largest absolute Gasteiger partial charge is 0.497 e. The van der Waals surface area contributed by atoms with Crippen LogP contribution in [-0.2, 0) is 21.2 Å². The molecule has 11 heteroatoms. The molecule has 0 radical (unpaired) electrons. The molecule has 1 aromatic heterocycles. The highest BCUT2D eigenvalue weighted by atomic mass is 32.2. The molecular weight excluding hydrogens is 408 g/mol. The molecule has 2 heterocycles. The molecule has 0 unspecified atom stereocenters. The Balaban J connectivity index is 1.59. The lowest BCUT2D eigenvalue weighted by Crippen LogP contribution is -2.46. The highest BCUT2D eigenvalue weighted by Crippen LogP contribution is 2.27. The molecule has 1 saturated heterocycles. The summed E-state index contributed by atoms with van der Waals surface area (Å²) in [4.78, 5) is 12.8. The number of nitrogens with one attached hydrogen (secondary N) is 2. The van der Waals surface area contributed by atoms with Crippen molar-refractivity contribution in [2.24, 2.45) is 0 Å². The molecule has 1 aliphatic rings. The van der Waals surface area contributed by atoms with Crippen molar-refractivity contribution in [2.75, 3.05) is 25.9 Å². The third-order valence-electron chi connectivity index (χ3n) is 5.06. The van der Waals surface area contributed by atoms with Crippen molar-refractivity contribution in [2.45, 2.75) is 36.6 Å². The summed E-state index contributed by atoms with van der Waals surface area (Å²) in [6.45, 7) is 0.640. The number of benzene rings is 1. The number of H-pyrrole nitrogens is 1. The summed E-state index contributed by atoms with van der Waals surface area (Å²) in [7, 11) is -2.28. The van der Waals surface area contributed by atoms with Crippen LogP contribution in [0.4, 0.5) is 5.82 Å². The first kappa shape index (κ1) is 21.6. The van der Waals surface area contributed by atoms with Crippen molar-refractivity contribution in [3.05, 3.63) is 35.5 Å². The second kappa shape index (κ2) is 9.15. The molecule has 3 rings (SSSR count). The molecule has 1 atom stereocenters. The smallest absolute Gasteiger partial charge is 0.243 e. The zero-order valence-corrected chi connectivity index (χ0v) is 17.4. The van der Waals surface area contributed by atoms with E-state index in [4.69, 9.17) is 15.7 Å². The quantitative estimate of drug-likeness (QED) is 0.521. The van der Waals surface area contributed by atoms with E-state index in [2.05, 4.69) is 15.5 Å². The zero-order valence-electron chi connectivity index (χ0n) is 16.6. The summed E-state index contributed by atoms with van der Waals surface area (Å²) < 4.78 is 32.3. The number of anilines is 1. The van der Waals surface area contributed by atoms with Crippen LogP contribution in [0.15, 0.2) is 29.2 Å². The number of hydrogen-bond donors (Lipinski definition) is 3. The Morgan fingerprint density at radius 3 is 2.83 bits per heavy atom. The molecule has 0 aliphatic carbocycles. The van der Waals surface area contributed by atoms with Gasteiger partial charge in [0.05, 0.1) is 17.7 Å². The van der Waals surface area contributed by atoms with Gasteiger partial charge >= 0.3 is 0 Å². The number of nitrogens with zero attached hydrogens (tertiary/aromatic N) is 3. The van der Waals surface area contributed by atoms with Gasteiger partial charge in [-0.2, -0.15) is 14.7 Å². The first-order chi connectivity index (χ1) is 14.4. The minimum atomic E-state index is -3.78. The van der Waals surface area contributed by atoms with Gasteiger partial charge in [-0.25, -0.2) is 8.42 Å². The zero-order chi connectivity index (χ0) is 21.7. The van der Waals surface area contributed by atoms with E-state index < -0.39 is 16.1 Å². The maximum atomic E-state index is 13.0. The molecule has 1 fully saturated rings. The van der Waals surface area contributed by atoms with Crippen molar-refractivity contribution >= 4 is 21.7 Å². The second-order valence-electron chi connectivity index (χ2n) is 6.92. The number of nitriles is 1. The Morgan fingerprint density at radius 1 is 1.43 bits per heavy atom. The third kappa shape index (κ3) is 4.39. The van der Waals surface area contributed by atoms with E-state index in [9.17, 15) is 13.2 Å². The molecule has 0 saturated carbocycles. The van der Waals surface area contributed by atoms with Crippen LogP contribution in [0.25, 0.3) is 0 Å². The number of aryl methyl sites for hydroxylation is 1. The number of hydrogen-bond acceptors (Lipinski definition) is 7. The Morgan fingerprint density at radius 2 is 2.17 bits per heavy atom. The predicted octanol–water partition coefficient (Wildman–Crippen LogP) is 0.774. The van der Waals surface area contributed by atoms with Gasteiger partial charge in [0.15, 0.2) is 5.82 Å². The van der Waals surface area contributed by atoms with Gasteiger partial charge in [0.1, 0.15) is 23.4 Å². The number of amides is 1. The van der Waals surface area contributed by atoms with Crippen molar-refractivity contribution in [1.82, 2.24) is 19.8 Å². The fraction of sp³-hybridized carbons (Fsp3) is 0.421. The SMILES string of the molecule is COc1ccc(S(=O)(=O)N2CCC[C@@H]2C(=O)NCCCc2[nH]nc(N)c2C#N)cc1. The lowest BCUT2D eigenvalue weighted by Gasteiger charge is -2.23. The van der Waals surface area contributed by atoms with E-state index in [1.807, 2.05) is 6.07 Å². The third-order valence-corrected chi connectivity index (χ3v) is 6.98. The topological polar surface area (TPSA) is 154 Å².